The number of benzene rings is 3. The first-order chi connectivity index (χ1) is 12.2. The van der Waals surface area contributed by atoms with Crippen LogP contribution in [0.3, 0.4) is 0 Å². The van der Waals surface area contributed by atoms with Crippen molar-refractivity contribution in [2.45, 2.75) is 0 Å². The molecule has 3 aromatic carbocycles. The van der Waals surface area contributed by atoms with Gasteiger partial charge in [0.15, 0.2) is 0 Å². The number of thiazole rings is 1. The van der Waals surface area contributed by atoms with Gasteiger partial charge >= 0.3 is 0 Å². The molecular weight excluding hydrogens is 335 g/mol. The van der Waals surface area contributed by atoms with Crippen LogP contribution in [0.25, 0.3) is 20.8 Å². The molecule has 0 saturated heterocycles. The number of nitrogens with zero attached hydrogens (tertiary/aromatic N) is 1. The zero-order valence-electron chi connectivity index (χ0n) is 13.1. The van der Waals surface area contributed by atoms with E-state index in [0.29, 0.717) is 5.69 Å². The van der Waals surface area contributed by atoms with Crippen molar-refractivity contribution in [1.82, 2.24) is 4.98 Å². The van der Waals surface area contributed by atoms with E-state index in [4.69, 9.17) is 0 Å². The number of nitrogens with one attached hydrogen (secondary N) is 1. The highest BCUT2D eigenvalue weighted by atomic mass is 32.1. The predicted octanol–water partition coefficient (Wildman–Crippen LogP) is 5.35. The summed E-state index contributed by atoms with van der Waals surface area (Å²) in [6.45, 7) is 0. The number of amides is 1. The number of aromatic nitrogens is 1. The number of rotatable bonds is 3. The summed E-state index contributed by atoms with van der Waals surface area (Å²) < 4.78 is 14.4. The van der Waals surface area contributed by atoms with E-state index in [9.17, 15) is 9.18 Å². The SMILES string of the molecule is O=C(Nc1cccc(-c2nc3ccccc3s2)c1)c1cccc(F)c1. The summed E-state index contributed by atoms with van der Waals surface area (Å²) in [6, 6.07) is 21.1. The van der Waals surface area contributed by atoms with Crippen LogP contribution < -0.4 is 5.32 Å². The van der Waals surface area contributed by atoms with Gasteiger partial charge in [0.25, 0.3) is 5.91 Å². The Morgan fingerprint density at radius 1 is 0.960 bits per heavy atom. The lowest BCUT2D eigenvalue weighted by molar-refractivity contribution is 0.102. The van der Waals surface area contributed by atoms with Crippen molar-refractivity contribution in [3.63, 3.8) is 0 Å². The fraction of sp³-hybridized carbons (Fsp3) is 0. The largest absolute Gasteiger partial charge is 0.322 e. The van der Waals surface area contributed by atoms with Crippen molar-refractivity contribution in [2.75, 3.05) is 5.32 Å². The Kier molecular flexibility index (Phi) is 3.99. The molecule has 4 rings (SSSR count). The molecule has 1 amide bonds. The Bertz CT molecular complexity index is 1040. The number of fused-ring (bicyclic) bond motifs is 1. The van der Waals surface area contributed by atoms with Gasteiger partial charge in [0, 0.05) is 16.8 Å². The lowest BCUT2D eigenvalue weighted by Crippen LogP contribution is -2.11. The quantitative estimate of drug-likeness (QED) is 0.542. The van der Waals surface area contributed by atoms with Crippen LogP contribution in [-0.4, -0.2) is 10.9 Å². The molecule has 0 aliphatic rings. The molecule has 0 saturated carbocycles. The fourth-order valence-electron chi connectivity index (χ4n) is 2.56. The third kappa shape index (κ3) is 3.27. The minimum atomic E-state index is -0.434. The van der Waals surface area contributed by atoms with Crippen molar-refractivity contribution in [3.8, 4) is 10.6 Å². The summed E-state index contributed by atoms with van der Waals surface area (Å²) in [6.07, 6.45) is 0. The van der Waals surface area contributed by atoms with Crippen molar-refractivity contribution in [1.29, 1.82) is 0 Å². The van der Waals surface area contributed by atoms with Crippen LogP contribution in [-0.2, 0) is 0 Å². The van der Waals surface area contributed by atoms with E-state index in [1.807, 2.05) is 42.5 Å². The van der Waals surface area contributed by atoms with Gasteiger partial charge in [0.1, 0.15) is 10.8 Å². The molecule has 0 aliphatic carbocycles. The lowest BCUT2D eigenvalue weighted by atomic mass is 10.1. The molecule has 1 aromatic heterocycles. The average molecular weight is 348 g/mol. The van der Waals surface area contributed by atoms with E-state index in [0.717, 1.165) is 20.8 Å². The van der Waals surface area contributed by atoms with Crippen molar-refractivity contribution in [2.24, 2.45) is 0 Å². The van der Waals surface area contributed by atoms with Gasteiger partial charge in [-0.05, 0) is 42.5 Å². The van der Waals surface area contributed by atoms with Crippen molar-refractivity contribution >= 4 is 33.1 Å². The molecule has 3 nitrogen and oxygen atoms in total. The molecule has 0 radical (unpaired) electrons. The normalized spacial score (nSPS) is 10.8. The Morgan fingerprint density at radius 3 is 2.64 bits per heavy atom. The zero-order chi connectivity index (χ0) is 17.2. The maximum Gasteiger partial charge on any atom is 0.255 e. The number of halogens is 1. The molecule has 0 spiro atoms. The van der Waals surface area contributed by atoms with E-state index in [1.165, 1.54) is 18.2 Å². The van der Waals surface area contributed by atoms with E-state index >= 15 is 0 Å². The second-order valence-corrected chi connectivity index (χ2v) is 6.56. The van der Waals surface area contributed by atoms with Crippen LogP contribution in [0.4, 0.5) is 10.1 Å². The van der Waals surface area contributed by atoms with Crippen molar-refractivity contribution < 1.29 is 9.18 Å². The van der Waals surface area contributed by atoms with Gasteiger partial charge in [0.05, 0.1) is 10.2 Å². The van der Waals surface area contributed by atoms with E-state index in [1.54, 1.807) is 23.5 Å². The van der Waals surface area contributed by atoms with E-state index in [-0.39, 0.29) is 11.5 Å². The second kappa shape index (κ2) is 6.45. The molecule has 1 heterocycles. The fourth-order valence-corrected chi connectivity index (χ4v) is 3.52. The van der Waals surface area contributed by atoms with Gasteiger partial charge in [0.2, 0.25) is 0 Å². The molecule has 0 bridgehead atoms. The van der Waals surface area contributed by atoms with Crippen LogP contribution in [0, 0.1) is 5.82 Å². The zero-order valence-corrected chi connectivity index (χ0v) is 13.9. The van der Waals surface area contributed by atoms with Gasteiger partial charge in [-0.1, -0.05) is 30.3 Å². The van der Waals surface area contributed by atoms with E-state index in [2.05, 4.69) is 10.3 Å². The molecule has 0 fully saturated rings. The number of para-hydroxylation sites is 1. The molecule has 0 unspecified atom stereocenters. The summed E-state index contributed by atoms with van der Waals surface area (Å²) in [4.78, 5) is 16.9. The van der Waals surface area contributed by atoms with Gasteiger partial charge < -0.3 is 5.32 Å². The molecule has 1 N–H and O–H groups in total. The third-order valence-corrected chi connectivity index (χ3v) is 4.83. The maximum atomic E-state index is 13.3. The minimum absolute atomic E-state index is 0.283. The smallest absolute Gasteiger partial charge is 0.255 e. The molecule has 0 aliphatic heterocycles. The van der Waals surface area contributed by atoms with Crippen LogP contribution in [0.15, 0.2) is 72.8 Å². The molecule has 25 heavy (non-hydrogen) atoms. The Hall–Kier alpha value is -3.05. The van der Waals surface area contributed by atoms with E-state index < -0.39 is 5.82 Å². The topological polar surface area (TPSA) is 42.0 Å². The summed E-state index contributed by atoms with van der Waals surface area (Å²) in [5.41, 5.74) is 2.81. The first kappa shape index (κ1) is 15.5. The number of carbonyl (C=O) groups is 1. The highest BCUT2D eigenvalue weighted by Crippen LogP contribution is 2.31. The summed E-state index contributed by atoms with van der Waals surface area (Å²) in [5, 5.41) is 3.69. The number of carbonyl (C=O) groups excluding carboxylic acids is 1. The first-order valence-corrected chi connectivity index (χ1v) is 8.54. The highest BCUT2D eigenvalue weighted by molar-refractivity contribution is 7.21. The number of anilines is 1. The van der Waals surface area contributed by atoms with Gasteiger partial charge in [-0.15, -0.1) is 11.3 Å². The second-order valence-electron chi connectivity index (χ2n) is 5.53. The monoisotopic (exact) mass is 348 g/mol. The highest BCUT2D eigenvalue weighted by Gasteiger charge is 2.09. The Morgan fingerprint density at radius 2 is 1.80 bits per heavy atom. The lowest BCUT2D eigenvalue weighted by Gasteiger charge is -2.06. The maximum absolute atomic E-state index is 13.3. The van der Waals surface area contributed by atoms with Gasteiger partial charge in [-0.25, -0.2) is 9.37 Å². The Labute approximate surface area is 147 Å². The van der Waals surface area contributed by atoms with Crippen LogP contribution in [0.1, 0.15) is 10.4 Å². The molecule has 0 atom stereocenters. The van der Waals surface area contributed by atoms with Gasteiger partial charge in [-0.3, -0.25) is 4.79 Å². The molecular formula is C20H13FN2OS. The summed E-state index contributed by atoms with van der Waals surface area (Å²) in [7, 11) is 0. The number of hydrogen-bond donors (Lipinski definition) is 1. The summed E-state index contributed by atoms with van der Waals surface area (Å²) >= 11 is 1.60. The number of hydrogen-bond acceptors (Lipinski definition) is 3. The van der Waals surface area contributed by atoms with Crippen LogP contribution >= 0.6 is 11.3 Å². The van der Waals surface area contributed by atoms with Crippen LogP contribution in [0.5, 0.6) is 0 Å². The van der Waals surface area contributed by atoms with Gasteiger partial charge in [-0.2, -0.15) is 0 Å². The standard InChI is InChI=1S/C20H13FN2OS/c21-15-7-3-5-13(11-15)19(24)22-16-8-4-6-14(12-16)20-23-17-9-1-2-10-18(17)25-20/h1-12H,(H,22,24). The minimum Gasteiger partial charge on any atom is -0.322 e. The average Bonchev–Trinajstić information content (AvgIpc) is 3.06. The van der Waals surface area contributed by atoms with Crippen molar-refractivity contribution in [3.05, 3.63) is 84.2 Å². The predicted molar refractivity (Wildman–Crippen MR) is 99.4 cm³/mol. The Balaban J connectivity index is 1.62. The summed E-state index contributed by atoms with van der Waals surface area (Å²) in [5.74, 6) is -0.781. The third-order valence-electron chi connectivity index (χ3n) is 3.75. The molecule has 5 heteroatoms. The van der Waals surface area contributed by atoms with Crippen LogP contribution in [0.2, 0.25) is 0 Å². The molecule has 4 aromatic rings. The first-order valence-electron chi connectivity index (χ1n) is 7.72. The molecule has 122 valence electrons.